The van der Waals surface area contributed by atoms with Crippen molar-refractivity contribution in [3.8, 4) is 11.5 Å². The lowest BCUT2D eigenvalue weighted by Crippen LogP contribution is -2.53. The van der Waals surface area contributed by atoms with Gasteiger partial charge in [0.2, 0.25) is 0 Å². The van der Waals surface area contributed by atoms with Crippen LogP contribution in [0.15, 0.2) is 36.4 Å². The lowest BCUT2D eigenvalue weighted by Gasteiger charge is -2.42. The van der Waals surface area contributed by atoms with Crippen LogP contribution in [-0.4, -0.2) is 75.6 Å². The van der Waals surface area contributed by atoms with Gasteiger partial charge in [-0.25, -0.2) is 9.18 Å². The normalized spacial score (nSPS) is 21.2. The highest BCUT2D eigenvalue weighted by Crippen LogP contribution is 2.49. The quantitative estimate of drug-likeness (QED) is 0.440. The van der Waals surface area contributed by atoms with E-state index >= 15 is 0 Å². The van der Waals surface area contributed by atoms with Crippen molar-refractivity contribution in [1.29, 1.82) is 0 Å². The highest BCUT2D eigenvalue weighted by Gasteiger charge is 2.60. The van der Waals surface area contributed by atoms with Crippen LogP contribution in [0.25, 0.3) is 10.9 Å². The first-order chi connectivity index (χ1) is 17.7. The summed E-state index contributed by atoms with van der Waals surface area (Å²) >= 11 is 0. The van der Waals surface area contributed by atoms with Gasteiger partial charge in [-0.2, -0.15) is 0 Å². The summed E-state index contributed by atoms with van der Waals surface area (Å²) in [5, 5.41) is 11.0. The molecule has 0 spiro atoms. The maximum atomic E-state index is 14.6. The zero-order valence-electron chi connectivity index (χ0n) is 21.7. The lowest BCUT2D eigenvalue weighted by molar-refractivity contribution is -0.133. The molecule has 196 valence electrons. The molecule has 2 aliphatic heterocycles. The molecule has 1 fully saturated rings. The number of phenolic OH excluding ortho intramolecular Hbond substituents is 1. The van der Waals surface area contributed by atoms with Crippen LogP contribution in [0.2, 0.25) is 0 Å². The molecule has 0 unspecified atom stereocenters. The van der Waals surface area contributed by atoms with Crippen LogP contribution in [0, 0.1) is 5.82 Å². The smallest absolute Gasteiger partial charge is 0.328 e. The predicted molar refractivity (Wildman–Crippen MR) is 138 cm³/mol. The van der Waals surface area contributed by atoms with E-state index in [-0.39, 0.29) is 29.9 Å². The van der Waals surface area contributed by atoms with Gasteiger partial charge in [0.25, 0.3) is 5.91 Å². The Labute approximate surface area is 215 Å². The van der Waals surface area contributed by atoms with Crippen LogP contribution in [0.5, 0.6) is 11.5 Å². The van der Waals surface area contributed by atoms with E-state index in [2.05, 4.69) is 23.7 Å². The average Bonchev–Trinajstić information content (AvgIpc) is 3.31. The van der Waals surface area contributed by atoms with E-state index < -0.39 is 17.4 Å². The molecular formula is C28H33FN4O4. The highest BCUT2D eigenvalue weighted by atomic mass is 19.1. The summed E-state index contributed by atoms with van der Waals surface area (Å²) in [5.41, 5.74) is 1.64. The van der Waals surface area contributed by atoms with Gasteiger partial charge in [0.15, 0.2) is 11.6 Å². The summed E-state index contributed by atoms with van der Waals surface area (Å²) < 4.78 is 19.8. The molecule has 0 aliphatic carbocycles. The third-order valence-corrected chi connectivity index (χ3v) is 7.88. The van der Waals surface area contributed by atoms with E-state index in [0.29, 0.717) is 29.7 Å². The van der Waals surface area contributed by atoms with Crippen LogP contribution >= 0.6 is 0 Å². The minimum atomic E-state index is -1.13. The van der Waals surface area contributed by atoms with Crippen LogP contribution in [0.3, 0.4) is 0 Å². The zero-order valence-corrected chi connectivity index (χ0v) is 21.7. The summed E-state index contributed by atoms with van der Waals surface area (Å²) in [5.74, 6) is -0.566. The molecule has 2 N–H and O–H groups in total. The molecule has 1 aromatic heterocycles. The summed E-state index contributed by atoms with van der Waals surface area (Å²) in [6, 6.07) is 8.71. The Hall–Kier alpha value is -3.59. The van der Waals surface area contributed by atoms with Gasteiger partial charge >= 0.3 is 6.03 Å². The third-order valence-electron chi connectivity index (χ3n) is 7.88. The number of aromatic nitrogens is 1. The maximum Gasteiger partial charge on any atom is 0.328 e. The molecule has 8 nitrogen and oxygen atoms in total. The van der Waals surface area contributed by atoms with Crippen LogP contribution in [-0.2, 0) is 11.2 Å². The van der Waals surface area contributed by atoms with Crippen molar-refractivity contribution in [3.63, 3.8) is 0 Å². The number of aromatic hydroxyl groups is 1. The number of nitrogens with zero attached hydrogens (tertiary/aromatic N) is 3. The van der Waals surface area contributed by atoms with Crippen molar-refractivity contribution < 1.29 is 23.8 Å². The number of fused-ring (bicyclic) bond motifs is 4. The van der Waals surface area contributed by atoms with Crippen molar-refractivity contribution >= 4 is 22.8 Å². The number of urea groups is 1. The SMILES string of the molecule is CCN(CC)CCCN1C(=O)N2[C@H](c3cccc(O)c3)c3[nH]c4cc(F)c(OC)cc4c3C[C@@]2(C)C1=O. The number of hydrogen-bond donors (Lipinski definition) is 2. The molecule has 2 atom stereocenters. The second kappa shape index (κ2) is 9.37. The minimum Gasteiger partial charge on any atom is -0.508 e. The molecule has 37 heavy (non-hydrogen) atoms. The van der Waals surface area contributed by atoms with Gasteiger partial charge in [0.1, 0.15) is 17.3 Å². The number of rotatable bonds is 8. The number of aromatic amines is 1. The molecule has 9 heteroatoms. The fourth-order valence-electron chi connectivity index (χ4n) is 5.90. The van der Waals surface area contributed by atoms with E-state index in [4.69, 9.17) is 4.74 Å². The molecule has 2 aliphatic rings. The number of carbonyl (C=O) groups is 2. The first kappa shape index (κ1) is 25.1. The van der Waals surface area contributed by atoms with Crippen molar-refractivity contribution in [3.05, 3.63) is 59.0 Å². The molecule has 5 rings (SSSR count). The summed E-state index contributed by atoms with van der Waals surface area (Å²) in [7, 11) is 1.41. The number of halogens is 1. The molecule has 3 heterocycles. The first-order valence-electron chi connectivity index (χ1n) is 12.8. The lowest BCUT2D eigenvalue weighted by atomic mass is 9.81. The molecule has 2 aromatic carbocycles. The number of ether oxygens (including phenoxy) is 1. The molecule has 1 saturated heterocycles. The Morgan fingerprint density at radius 1 is 1.22 bits per heavy atom. The number of amides is 3. The van der Waals surface area contributed by atoms with E-state index in [1.54, 1.807) is 36.1 Å². The summed E-state index contributed by atoms with van der Waals surface area (Å²) in [6.07, 6.45) is 0.966. The molecule has 0 bridgehead atoms. The van der Waals surface area contributed by atoms with Gasteiger partial charge < -0.3 is 19.7 Å². The molecule has 0 saturated carbocycles. The monoisotopic (exact) mass is 508 g/mol. The van der Waals surface area contributed by atoms with Gasteiger partial charge in [-0.3, -0.25) is 14.6 Å². The Balaban J connectivity index is 1.62. The second-order valence-corrected chi connectivity index (χ2v) is 9.99. The minimum absolute atomic E-state index is 0.0594. The van der Waals surface area contributed by atoms with Crippen molar-refractivity contribution in [2.45, 2.75) is 45.2 Å². The van der Waals surface area contributed by atoms with E-state index in [1.807, 2.05) is 6.07 Å². The predicted octanol–water partition coefficient (Wildman–Crippen LogP) is 4.42. The number of H-pyrrole nitrogens is 1. The number of phenols is 1. The maximum absolute atomic E-state index is 14.6. The van der Waals surface area contributed by atoms with Gasteiger partial charge in [-0.1, -0.05) is 26.0 Å². The third kappa shape index (κ3) is 3.92. The Morgan fingerprint density at radius 2 is 1.97 bits per heavy atom. The van der Waals surface area contributed by atoms with Crippen molar-refractivity contribution in [2.75, 3.05) is 33.3 Å². The Kier molecular flexibility index (Phi) is 6.35. The summed E-state index contributed by atoms with van der Waals surface area (Å²) in [6.45, 7) is 8.94. The Bertz CT molecular complexity index is 1370. The largest absolute Gasteiger partial charge is 0.508 e. The van der Waals surface area contributed by atoms with E-state index in [9.17, 15) is 19.1 Å². The summed E-state index contributed by atoms with van der Waals surface area (Å²) in [4.78, 5) is 36.3. The number of hydrogen-bond acceptors (Lipinski definition) is 5. The number of benzene rings is 2. The molecular weight excluding hydrogens is 475 g/mol. The molecule has 3 amide bonds. The van der Waals surface area contributed by atoms with E-state index in [1.165, 1.54) is 18.1 Å². The first-order valence-corrected chi connectivity index (χ1v) is 12.8. The van der Waals surface area contributed by atoms with Gasteiger partial charge in [-0.05, 0) is 62.3 Å². The van der Waals surface area contributed by atoms with Gasteiger partial charge in [0.05, 0.1) is 7.11 Å². The number of imide groups is 1. The van der Waals surface area contributed by atoms with Gasteiger partial charge in [-0.15, -0.1) is 0 Å². The fraction of sp³-hybridized carbons (Fsp3) is 0.429. The second-order valence-electron chi connectivity index (χ2n) is 9.99. The zero-order chi connectivity index (χ0) is 26.5. The number of methoxy groups -OCH3 is 1. The van der Waals surface area contributed by atoms with Crippen molar-refractivity contribution in [1.82, 2.24) is 19.7 Å². The fourth-order valence-corrected chi connectivity index (χ4v) is 5.90. The number of nitrogens with one attached hydrogen (secondary N) is 1. The molecule has 3 aromatic rings. The average molecular weight is 509 g/mol. The number of carbonyl (C=O) groups excluding carboxylic acids is 2. The van der Waals surface area contributed by atoms with Crippen LogP contribution in [0.1, 0.15) is 50.1 Å². The molecule has 0 radical (unpaired) electrons. The van der Waals surface area contributed by atoms with Crippen LogP contribution in [0.4, 0.5) is 9.18 Å². The topological polar surface area (TPSA) is 89.1 Å². The highest BCUT2D eigenvalue weighted by molar-refractivity contribution is 6.08. The standard InChI is InChI=1S/C28H33FN4O4/c1-5-31(6-2)11-8-12-32-26(35)28(3)16-20-19-14-23(37-4)21(29)15-22(19)30-24(20)25(33(28)27(32)36)17-9-7-10-18(34)13-17/h7,9-10,13-15,25,30,34H,5-6,8,11-12,16H2,1-4H3/t25-,28+/m1/s1. The van der Waals surface area contributed by atoms with Gasteiger partial charge in [0, 0.05) is 35.6 Å². The van der Waals surface area contributed by atoms with Crippen LogP contribution < -0.4 is 4.74 Å². The van der Waals surface area contributed by atoms with Crippen molar-refractivity contribution in [2.24, 2.45) is 0 Å². The Morgan fingerprint density at radius 3 is 2.65 bits per heavy atom. The van der Waals surface area contributed by atoms with E-state index in [0.717, 1.165) is 30.6 Å².